The number of ether oxygens (including phenoxy) is 1. The van der Waals surface area contributed by atoms with Gasteiger partial charge in [-0.05, 0) is 31.5 Å². The summed E-state index contributed by atoms with van der Waals surface area (Å²) < 4.78 is 5.30. The lowest BCUT2D eigenvalue weighted by molar-refractivity contribution is -0.152. The molecule has 1 aromatic carbocycles. The van der Waals surface area contributed by atoms with E-state index in [9.17, 15) is 9.59 Å². The van der Waals surface area contributed by atoms with E-state index in [4.69, 9.17) is 9.84 Å². The minimum Gasteiger partial charge on any atom is -0.478 e. The molecule has 16 heavy (non-hydrogen) atoms. The van der Waals surface area contributed by atoms with Gasteiger partial charge in [-0.15, -0.1) is 0 Å². The van der Waals surface area contributed by atoms with Gasteiger partial charge in [-0.1, -0.05) is 12.1 Å². The highest BCUT2D eigenvalue weighted by Crippen LogP contribution is 2.19. The van der Waals surface area contributed by atoms with E-state index >= 15 is 0 Å². The van der Waals surface area contributed by atoms with Gasteiger partial charge in [0.25, 0.3) is 0 Å². The summed E-state index contributed by atoms with van der Waals surface area (Å²) in [5, 5.41) is 8.87. The second-order valence-corrected chi connectivity index (χ2v) is 3.88. The van der Waals surface area contributed by atoms with Crippen LogP contribution >= 0.6 is 0 Å². The lowest BCUT2D eigenvalue weighted by Crippen LogP contribution is -2.37. The zero-order valence-electron chi connectivity index (χ0n) is 9.19. The first-order chi connectivity index (χ1) is 7.45. The van der Waals surface area contributed by atoms with Gasteiger partial charge in [0.15, 0.2) is 5.60 Å². The highest BCUT2D eigenvalue weighted by Gasteiger charge is 2.29. The molecule has 0 saturated heterocycles. The quantitative estimate of drug-likeness (QED) is 0.819. The van der Waals surface area contributed by atoms with Crippen LogP contribution in [-0.2, 0) is 16.0 Å². The molecule has 0 aliphatic heterocycles. The van der Waals surface area contributed by atoms with Crippen molar-refractivity contribution in [3.63, 3.8) is 0 Å². The molecule has 0 aliphatic rings. The Labute approximate surface area is 93.9 Å². The van der Waals surface area contributed by atoms with Gasteiger partial charge in [-0.3, -0.25) is 4.79 Å². The van der Waals surface area contributed by atoms with Gasteiger partial charge in [-0.2, -0.15) is 0 Å². The highest BCUT2D eigenvalue weighted by atomic mass is 16.5. The van der Waals surface area contributed by atoms with E-state index in [0.29, 0.717) is 5.75 Å². The SMILES string of the molecule is CC(C)(Oc1ccc(C[C]=O)cc1)C(=O)O. The molecule has 0 unspecified atom stereocenters. The zero-order valence-corrected chi connectivity index (χ0v) is 9.19. The van der Waals surface area contributed by atoms with Gasteiger partial charge in [0.1, 0.15) is 5.75 Å². The van der Waals surface area contributed by atoms with Crippen LogP contribution in [0.25, 0.3) is 0 Å². The largest absolute Gasteiger partial charge is 0.478 e. The maximum Gasteiger partial charge on any atom is 0.347 e. The number of benzene rings is 1. The van der Waals surface area contributed by atoms with Crippen molar-refractivity contribution in [2.24, 2.45) is 0 Å². The molecule has 4 nitrogen and oxygen atoms in total. The number of rotatable bonds is 5. The average Bonchev–Trinajstić information content (AvgIpc) is 2.21. The van der Waals surface area contributed by atoms with Crippen LogP contribution in [-0.4, -0.2) is 23.0 Å². The van der Waals surface area contributed by atoms with Crippen molar-refractivity contribution < 1.29 is 19.4 Å². The van der Waals surface area contributed by atoms with Crippen molar-refractivity contribution in [1.82, 2.24) is 0 Å². The molecule has 0 saturated carbocycles. The summed E-state index contributed by atoms with van der Waals surface area (Å²) in [7, 11) is 0. The molecule has 0 aromatic heterocycles. The number of carboxylic acid groups (broad SMARTS) is 1. The predicted molar refractivity (Wildman–Crippen MR) is 58.2 cm³/mol. The maximum absolute atomic E-state index is 10.8. The first-order valence-corrected chi connectivity index (χ1v) is 4.82. The van der Waals surface area contributed by atoms with Gasteiger partial charge >= 0.3 is 5.97 Å². The van der Waals surface area contributed by atoms with Gasteiger partial charge in [-0.25, -0.2) is 4.79 Å². The number of aliphatic carboxylic acids is 1. The molecular weight excluding hydrogens is 208 g/mol. The summed E-state index contributed by atoms with van der Waals surface area (Å²) in [6, 6.07) is 6.69. The third-order valence-corrected chi connectivity index (χ3v) is 2.09. The molecule has 0 atom stereocenters. The van der Waals surface area contributed by atoms with Crippen molar-refractivity contribution in [2.45, 2.75) is 25.9 Å². The Morgan fingerprint density at radius 3 is 2.38 bits per heavy atom. The fraction of sp³-hybridized carbons (Fsp3) is 0.333. The third kappa shape index (κ3) is 3.08. The Bertz CT molecular complexity index is 379. The first kappa shape index (κ1) is 12.2. The maximum atomic E-state index is 10.8. The Balaban J connectivity index is 2.75. The lowest BCUT2D eigenvalue weighted by atomic mass is 10.1. The molecule has 1 aromatic rings. The molecule has 85 valence electrons. The minimum absolute atomic E-state index is 0.225. The molecule has 0 fully saturated rings. The summed E-state index contributed by atoms with van der Waals surface area (Å²) in [6.45, 7) is 2.95. The Morgan fingerprint density at radius 1 is 1.38 bits per heavy atom. The molecule has 0 aliphatic carbocycles. The molecule has 0 amide bonds. The Morgan fingerprint density at radius 2 is 1.94 bits per heavy atom. The van der Waals surface area contributed by atoms with Crippen molar-refractivity contribution >= 4 is 12.3 Å². The van der Waals surface area contributed by atoms with Gasteiger partial charge in [0.05, 0.1) is 0 Å². The summed E-state index contributed by atoms with van der Waals surface area (Å²) in [5.41, 5.74) is -0.450. The smallest absolute Gasteiger partial charge is 0.347 e. The van der Waals surface area contributed by atoms with Crippen LogP contribution in [0, 0.1) is 0 Å². The number of hydrogen-bond donors (Lipinski definition) is 1. The number of carboxylic acids is 1. The molecular formula is C12H13O4. The second kappa shape index (κ2) is 4.79. The lowest BCUT2D eigenvalue weighted by Gasteiger charge is -2.21. The fourth-order valence-electron chi connectivity index (χ4n) is 1.10. The Kier molecular flexibility index (Phi) is 3.66. The van der Waals surface area contributed by atoms with E-state index in [1.807, 2.05) is 0 Å². The molecule has 0 spiro atoms. The molecule has 1 radical (unpaired) electrons. The Hall–Kier alpha value is -1.84. The number of hydrogen-bond acceptors (Lipinski definition) is 3. The molecule has 0 heterocycles. The number of carbonyl (C=O) groups excluding carboxylic acids is 1. The summed E-state index contributed by atoms with van der Waals surface area (Å²) in [6.07, 6.45) is 2.01. The van der Waals surface area contributed by atoms with E-state index in [2.05, 4.69) is 0 Å². The van der Waals surface area contributed by atoms with E-state index in [0.717, 1.165) is 5.56 Å². The fourth-order valence-corrected chi connectivity index (χ4v) is 1.10. The van der Waals surface area contributed by atoms with Gasteiger partial charge in [0, 0.05) is 6.42 Å². The van der Waals surface area contributed by atoms with Crippen LogP contribution in [0.15, 0.2) is 24.3 Å². The molecule has 1 N–H and O–H groups in total. The average molecular weight is 221 g/mol. The summed E-state index contributed by atoms with van der Waals surface area (Å²) in [5.74, 6) is -0.570. The monoisotopic (exact) mass is 221 g/mol. The highest BCUT2D eigenvalue weighted by molar-refractivity contribution is 5.76. The number of carbonyl (C=O) groups is 1. The van der Waals surface area contributed by atoms with Crippen LogP contribution < -0.4 is 4.74 Å². The van der Waals surface area contributed by atoms with E-state index in [1.54, 1.807) is 30.6 Å². The van der Waals surface area contributed by atoms with Crippen molar-refractivity contribution in [2.75, 3.05) is 0 Å². The van der Waals surface area contributed by atoms with Crippen LogP contribution in [0.3, 0.4) is 0 Å². The van der Waals surface area contributed by atoms with Crippen molar-refractivity contribution in [3.8, 4) is 5.75 Å². The van der Waals surface area contributed by atoms with Crippen LogP contribution in [0.2, 0.25) is 0 Å². The molecule has 1 rings (SSSR count). The standard InChI is InChI=1S/C12H13O4/c1-12(2,11(14)15)16-10-5-3-9(4-6-10)7-8-13/h3-6H,7H2,1-2H3,(H,14,15). The van der Waals surface area contributed by atoms with E-state index in [-0.39, 0.29) is 6.42 Å². The summed E-state index contributed by atoms with van der Waals surface area (Å²) >= 11 is 0. The summed E-state index contributed by atoms with van der Waals surface area (Å²) in [4.78, 5) is 21.0. The minimum atomic E-state index is -1.27. The normalized spacial score (nSPS) is 10.9. The first-order valence-electron chi connectivity index (χ1n) is 4.82. The van der Waals surface area contributed by atoms with Crippen LogP contribution in [0.4, 0.5) is 0 Å². The van der Waals surface area contributed by atoms with Crippen molar-refractivity contribution in [3.05, 3.63) is 29.8 Å². The topological polar surface area (TPSA) is 63.6 Å². The second-order valence-electron chi connectivity index (χ2n) is 3.88. The van der Waals surface area contributed by atoms with Crippen LogP contribution in [0.1, 0.15) is 19.4 Å². The van der Waals surface area contributed by atoms with E-state index in [1.165, 1.54) is 13.8 Å². The third-order valence-electron chi connectivity index (χ3n) is 2.09. The molecule has 0 bridgehead atoms. The van der Waals surface area contributed by atoms with E-state index < -0.39 is 11.6 Å². The zero-order chi connectivity index (χ0) is 12.2. The van der Waals surface area contributed by atoms with Crippen LogP contribution in [0.5, 0.6) is 5.75 Å². The van der Waals surface area contributed by atoms with Crippen molar-refractivity contribution in [1.29, 1.82) is 0 Å². The predicted octanol–water partition coefficient (Wildman–Crippen LogP) is 1.58. The van der Waals surface area contributed by atoms with Gasteiger partial charge in [0.2, 0.25) is 6.29 Å². The molecule has 4 heteroatoms. The van der Waals surface area contributed by atoms with Gasteiger partial charge < -0.3 is 9.84 Å².